The molecule has 0 bridgehead atoms. The molecule has 0 aliphatic carbocycles. The Bertz CT molecular complexity index is 231. The zero-order valence-corrected chi connectivity index (χ0v) is 10.5. The van der Waals surface area contributed by atoms with Gasteiger partial charge in [-0.05, 0) is 45.7 Å². The molecule has 0 radical (unpaired) electrons. The van der Waals surface area contributed by atoms with Gasteiger partial charge in [0, 0.05) is 25.6 Å². The highest BCUT2D eigenvalue weighted by atomic mass is 15.2. The molecule has 3 heteroatoms. The van der Waals surface area contributed by atoms with Crippen LogP contribution in [0.25, 0.3) is 0 Å². The molecule has 0 aromatic rings. The van der Waals surface area contributed by atoms with Crippen molar-refractivity contribution in [1.29, 1.82) is 0 Å². The second kappa shape index (κ2) is 6.24. The largest absolute Gasteiger partial charge is 0.370 e. The maximum absolute atomic E-state index is 4.62. The topological polar surface area (TPSA) is 27.6 Å². The van der Waals surface area contributed by atoms with Crippen molar-refractivity contribution in [3.8, 4) is 0 Å². The first-order valence-corrected chi connectivity index (χ1v) is 6.87. The highest BCUT2D eigenvalue weighted by Gasteiger charge is 2.15. The average Bonchev–Trinajstić information content (AvgIpc) is 2.62. The number of likely N-dealkylation sites (tertiary alicyclic amines) is 1. The van der Waals surface area contributed by atoms with Crippen molar-refractivity contribution in [2.45, 2.75) is 51.5 Å². The Morgan fingerprint density at radius 3 is 2.81 bits per heavy atom. The van der Waals surface area contributed by atoms with Crippen LogP contribution >= 0.6 is 0 Å². The van der Waals surface area contributed by atoms with Crippen LogP contribution < -0.4 is 5.32 Å². The summed E-state index contributed by atoms with van der Waals surface area (Å²) in [5.41, 5.74) is 0. The maximum atomic E-state index is 4.62. The number of aliphatic imine (C=N–C) groups is 1. The van der Waals surface area contributed by atoms with Gasteiger partial charge in [-0.3, -0.25) is 4.99 Å². The van der Waals surface area contributed by atoms with E-state index in [2.05, 4.69) is 22.1 Å². The Hall–Kier alpha value is -0.570. The number of amidine groups is 1. The minimum absolute atomic E-state index is 0.551. The summed E-state index contributed by atoms with van der Waals surface area (Å²) in [5, 5.41) is 3.59. The zero-order chi connectivity index (χ0) is 11.2. The first kappa shape index (κ1) is 11.9. The highest BCUT2D eigenvalue weighted by Crippen LogP contribution is 2.09. The minimum Gasteiger partial charge on any atom is -0.370 e. The van der Waals surface area contributed by atoms with Gasteiger partial charge in [0.05, 0.1) is 5.84 Å². The lowest BCUT2D eigenvalue weighted by atomic mass is 10.2. The third kappa shape index (κ3) is 3.78. The van der Waals surface area contributed by atoms with E-state index in [1.165, 1.54) is 57.6 Å². The summed E-state index contributed by atoms with van der Waals surface area (Å²) in [6.07, 6.45) is 7.84. The van der Waals surface area contributed by atoms with Crippen LogP contribution in [0.3, 0.4) is 0 Å². The summed E-state index contributed by atoms with van der Waals surface area (Å²) in [7, 11) is 0. The fourth-order valence-corrected chi connectivity index (χ4v) is 2.67. The van der Waals surface area contributed by atoms with Crippen molar-refractivity contribution in [3.05, 3.63) is 0 Å². The first-order valence-electron chi connectivity index (χ1n) is 6.87. The Morgan fingerprint density at radius 2 is 2.00 bits per heavy atom. The van der Waals surface area contributed by atoms with Gasteiger partial charge in [-0.15, -0.1) is 0 Å². The lowest BCUT2D eigenvalue weighted by Gasteiger charge is -2.22. The van der Waals surface area contributed by atoms with Crippen molar-refractivity contribution in [1.82, 2.24) is 10.2 Å². The standard InChI is InChI=1S/C13H25N3/c1-12(11-16-9-5-6-10-16)15-13-7-3-2-4-8-14-13/h12H,2-11H2,1H3,(H,14,15). The summed E-state index contributed by atoms with van der Waals surface area (Å²) in [6, 6.07) is 0.551. The monoisotopic (exact) mass is 223 g/mol. The third-order valence-corrected chi connectivity index (χ3v) is 3.52. The Balaban J connectivity index is 1.72. The van der Waals surface area contributed by atoms with Crippen LogP contribution in [0.2, 0.25) is 0 Å². The molecule has 1 unspecified atom stereocenters. The minimum atomic E-state index is 0.551. The molecule has 0 aromatic heterocycles. The molecular weight excluding hydrogens is 198 g/mol. The van der Waals surface area contributed by atoms with Gasteiger partial charge >= 0.3 is 0 Å². The molecule has 0 amide bonds. The van der Waals surface area contributed by atoms with E-state index in [4.69, 9.17) is 0 Å². The molecule has 1 N–H and O–H groups in total. The molecule has 0 spiro atoms. The summed E-state index contributed by atoms with van der Waals surface area (Å²) in [6.45, 7) is 7.07. The van der Waals surface area contributed by atoms with Crippen LogP contribution in [-0.2, 0) is 0 Å². The van der Waals surface area contributed by atoms with Crippen LogP contribution in [-0.4, -0.2) is 43.0 Å². The van der Waals surface area contributed by atoms with Crippen molar-refractivity contribution in [2.24, 2.45) is 4.99 Å². The molecule has 2 rings (SSSR count). The van der Waals surface area contributed by atoms with E-state index in [0.717, 1.165) is 13.0 Å². The summed E-state index contributed by atoms with van der Waals surface area (Å²) < 4.78 is 0. The quantitative estimate of drug-likeness (QED) is 0.793. The van der Waals surface area contributed by atoms with Crippen LogP contribution in [0.1, 0.15) is 45.4 Å². The van der Waals surface area contributed by atoms with Crippen LogP contribution in [0, 0.1) is 0 Å². The highest BCUT2D eigenvalue weighted by molar-refractivity contribution is 5.82. The average molecular weight is 223 g/mol. The van der Waals surface area contributed by atoms with Crippen LogP contribution in [0.5, 0.6) is 0 Å². The van der Waals surface area contributed by atoms with Crippen molar-refractivity contribution in [3.63, 3.8) is 0 Å². The lowest BCUT2D eigenvalue weighted by Crippen LogP contribution is -2.41. The molecular formula is C13H25N3. The van der Waals surface area contributed by atoms with Gasteiger partial charge in [0.2, 0.25) is 0 Å². The Labute approximate surface area is 99.3 Å². The Kier molecular flexibility index (Phi) is 4.64. The molecule has 0 saturated carbocycles. The molecule has 2 aliphatic heterocycles. The fraction of sp³-hybridized carbons (Fsp3) is 0.923. The van der Waals surface area contributed by atoms with Crippen molar-refractivity contribution < 1.29 is 0 Å². The number of rotatable bonds is 3. The van der Waals surface area contributed by atoms with E-state index in [0.29, 0.717) is 6.04 Å². The normalized spacial score (nSPS) is 24.9. The molecule has 1 atom stereocenters. The van der Waals surface area contributed by atoms with Crippen LogP contribution in [0.15, 0.2) is 4.99 Å². The molecule has 2 heterocycles. The molecule has 2 aliphatic rings. The lowest BCUT2D eigenvalue weighted by molar-refractivity contribution is 0.311. The summed E-state index contributed by atoms with van der Waals surface area (Å²) in [5.74, 6) is 1.25. The van der Waals surface area contributed by atoms with Gasteiger partial charge in [-0.25, -0.2) is 0 Å². The van der Waals surface area contributed by atoms with Gasteiger partial charge in [0.1, 0.15) is 0 Å². The van der Waals surface area contributed by atoms with Crippen LogP contribution in [0.4, 0.5) is 0 Å². The molecule has 16 heavy (non-hydrogen) atoms. The van der Waals surface area contributed by atoms with Crippen molar-refractivity contribution in [2.75, 3.05) is 26.2 Å². The molecule has 3 nitrogen and oxygen atoms in total. The van der Waals surface area contributed by atoms with Gasteiger partial charge in [-0.1, -0.05) is 6.42 Å². The molecule has 1 saturated heterocycles. The SMILES string of the molecule is CC(CN1CCCC1)NC1=NCCCCC1. The smallest absolute Gasteiger partial charge is 0.0965 e. The zero-order valence-electron chi connectivity index (χ0n) is 10.5. The van der Waals surface area contributed by atoms with E-state index >= 15 is 0 Å². The van der Waals surface area contributed by atoms with E-state index < -0.39 is 0 Å². The van der Waals surface area contributed by atoms with Crippen molar-refractivity contribution >= 4 is 5.84 Å². The number of hydrogen-bond acceptors (Lipinski definition) is 3. The second-order valence-corrected chi connectivity index (χ2v) is 5.19. The predicted molar refractivity (Wildman–Crippen MR) is 69.0 cm³/mol. The van der Waals surface area contributed by atoms with Gasteiger partial charge in [0.25, 0.3) is 0 Å². The Morgan fingerprint density at radius 1 is 1.19 bits per heavy atom. The van der Waals surface area contributed by atoms with E-state index in [-0.39, 0.29) is 0 Å². The van der Waals surface area contributed by atoms with Gasteiger partial charge in [0.15, 0.2) is 0 Å². The number of nitrogens with zero attached hydrogens (tertiary/aromatic N) is 2. The maximum Gasteiger partial charge on any atom is 0.0965 e. The summed E-state index contributed by atoms with van der Waals surface area (Å²) in [4.78, 5) is 7.19. The van der Waals surface area contributed by atoms with E-state index in [1.54, 1.807) is 0 Å². The molecule has 92 valence electrons. The number of nitrogens with one attached hydrogen (secondary N) is 1. The fourth-order valence-electron chi connectivity index (χ4n) is 2.67. The second-order valence-electron chi connectivity index (χ2n) is 5.19. The molecule has 1 fully saturated rings. The van der Waals surface area contributed by atoms with E-state index in [1.807, 2.05) is 0 Å². The van der Waals surface area contributed by atoms with E-state index in [9.17, 15) is 0 Å². The third-order valence-electron chi connectivity index (χ3n) is 3.52. The number of hydrogen-bond donors (Lipinski definition) is 1. The molecule has 0 aromatic carbocycles. The first-order chi connectivity index (χ1) is 7.84. The van der Waals surface area contributed by atoms with Gasteiger partial charge in [-0.2, -0.15) is 0 Å². The predicted octanol–water partition coefficient (Wildman–Crippen LogP) is 2.03. The van der Waals surface area contributed by atoms with Gasteiger partial charge < -0.3 is 10.2 Å². The summed E-state index contributed by atoms with van der Waals surface area (Å²) >= 11 is 0.